The molecule has 3 atom stereocenters. The highest BCUT2D eigenvalue weighted by molar-refractivity contribution is 5.81. The Morgan fingerprint density at radius 3 is 2.67 bits per heavy atom. The van der Waals surface area contributed by atoms with Crippen LogP contribution in [0, 0.1) is 5.92 Å². The lowest BCUT2D eigenvalue weighted by atomic mass is 9.84. The lowest BCUT2D eigenvalue weighted by Gasteiger charge is -2.54. The summed E-state index contributed by atoms with van der Waals surface area (Å²) in [5.41, 5.74) is 0. The molecule has 3 rings (SSSR count). The predicted octanol–water partition coefficient (Wildman–Crippen LogP) is 0.915. The minimum absolute atomic E-state index is 0.276. The Balaban J connectivity index is 1.67. The molecule has 2 bridgehead atoms. The van der Waals surface area contributed by atoms with Gasteiger partial charge in [0.1, 0.15) is 0 Å². The minimum Gasteiger partial charge on any atom is -0.334 e. The molecule has 2 fully saturated rings. The van der Waals surface area contributed by atoms with Gasteiger partial charge >= 0.3 is 0 Å². The standard InChI is InChI=1S/C12H18N2O/c15-12(9-4-2-1-3-5-9)14-10-6-11(14)8-13-7-10/h1-2,9-11,13H,3-8H2. The van der Waals surface area contributed by atoms with Crippen LogP contribution in [-0.4, -0.2) is 36.0 Å². The van der Waals surface area contributed by atoms with Crippen molar-refractivity contribution in [2.45, 2.75) is 37.8 Å². The van der Waals surface area contributed by atoms with Crippen LogP contribution >= 0.6 is 0 Å². The van der Waals surface area contributed by atoms with Gasteiger partial charge in [0.25, 0.3) is 0 Å². The first kappa shape index (κ1) is 9.40. The van der Waals surface area contributed by atoms with Gasteiger partial charge in [-0.15, -0.1) is 0 Å². The van der Waals surface area contributed by atoms with Crippen LogP contribution in [0.5, 0.6) is 0 Å². The monoisotopic (exact) mass is 206 g/mol. The summed E-state index contributed by atoms with van der Waals surface area (Å²) in [7, 11) is 0. The Labute approximate surface area is 90.5 Å². The van der Waals surface area contributed by atoms with E-state index in [0.29, 0.717) is 18.0 Å². The van der Waals surface area contributed by atoms with Crippen molar-refractivity contribution in [3.05, 3.63) is 12.2 Å². The third-order valence-electron chi connectivity index (χ3n) is 3.96. The first-order valence-electron chi connectivity index (χ1n) is 6.04. The number of fused-ring (bicyclic) bond motifs is 2. The van der Waals surface area contributed by atoms with E-state index in [0.717, 1.165) is 32.4 Å². The Bertz CT molecular complexity index is 286. The van der Waals surface area contributed by atoms with Gasteiger partial charge in [-0.05, 0) is 25.7 Å². The average Bonchev–Trinajstić information content (AvgIpc) is 2.31. The van der Waals surface area contributed by atoms with Crippen molar-refractivity contribution in [1.29, 1.82) is 0 Å². The molecule has 0 spiro atoms. The summed E-state index contributed by atoms with van der Waals surface area (Å²) in [4.78, 5) is 14.4. The topological polar surface area (TPSA) is 32.3 Å². The van der Waals surface area contributed by atoms with Gasteiger partial charge in [-0.1, -0.05) is 12.2 Å². The molecule has 0 aromatic heterocycles. The Kier molecular flexibility index (Phi) is 2.28. The number of piperazine rings is 1. The molecular formula is C12H18N2O. The van der Waals surface area contributed by atoms with Crippen molar-refractivity contribution in [1.82, 2.24) is 10.2 Å². The minimum atomic E-state index is 0.276. The van der Waals surface area contributed by atoms with Crippen molar-refractivity contribution in [3.8, 4) is 0 Å². The van der Waals surface area contributed by atoms with Crippen LogP contribution in [0.1, 0.15) is 25.7 Å². The third-order valence-corrected chi connectivity index (χ3v) is 3.96. The van der Waals surface area contributed by atoms with Gasteiger partial charge in [0.05, 0.1) is 0 Å². The molecule has 0 aromatic carbocycles. The van der Waals surface area contributed by atoms with E-state index in [4.69, 9.17) is 0 Å². The molecule has 2 aliphatic heterocycles. The zero-order valence-electron chi connectivity index (χ0n) is 8.98. The average molecular weight is 206 g/mol. The van der Waals surface area contributed by atoms with Crippen molar-refractivity contribution in [3.63, 3.8) is 0 Å². The van der Waals surface area contributed by atoms with E-state index in [1.54, 1.807) is 0 Å². The fourth-order valence-corrected chi connectivity index (χ4v) is 3.07. The number of hydrogen-bond donors (Lipinski definition) is 1. The number of hydrogen-bond acceptors (Lipinski definition) is 2. The molecule has 3 unspecified atom stereocenters. The van der Waals surface area contributed by atoms with Crippen LogP contribution < -0.4 is 5.32 Å². The number of carbonyl (C=O) groups is 1. The smallest absolute Gasteiger partial charge is 0.226 e. The van der Waals surface area contributed by atoms with E-state index >= 15 is 0 Å². The largest absolute Gasteiger partial charge is 0.334 e. The normalized spacial score (nSPS) is 38.7. The third kappa shape index (κ3) is 1.49. The predicted molar refractivity (Wildman–Crippen MR) is 58.4 cm³/mol. The van der Waals surface area contributed by atoms with Crippen molar-refractivity contribution >= 4 is 5.91 Å². The number of allylic oxidation sites excluding steroid dienone is 2. The Hall–Kier alpha value is -0.830. The van der Waals surface area contributed by atoms with E-state index in [1.165, 1.54) is 6.42 Å². The first-order valence-corrected chi connectivity index (χ1v) is 6.04. The maximum Gasteiger partial charge on any atom is 0.226 e. The molecule has 1 amide bonds. The van der Waals surface area contributed by atoms with Crippen LogP contribution in [0.4, 0.5) is 0 Å². The van der Waals surface area contributed by atoms with E-state index in [-0.39, 0.29) is 5.92 Å². The summed E-state index contributed by atoms with van der Waals surface area (Å²) < 4.78 is 0. The molecule has 0 radical (unpaired) electrons. The van der Waals surface area contributed by atoms with Crippen LogP contribution in [0.2, 0.25) is 0 Å². The molecule has 1 aliphatic carbocycles. The van der Waals surface area contributed by atoms with E-state index in [9.17, 15) is 4.79 Å². The maximum atomic E-state index is 12.3. The van der Waals surface area contributed by atoms with E-state index in [2.05, 4.69) is 22.4 Å². The van der Waals surface area contributed by atoms with Crippen molar-refractivity contribution in [2.24, 2.45) is 5.92 Å². The number of carbonyl (C=O) groups excluding carboxylic acids is 1. The number of nitrogens with one attached hydrogen (secondary N) is 1. The maximum absolute atomic E-state index is 12.3. The highest BCUT2D eigenvalue weighted by Gasteiger charge is 2.45. The van der Waals surface area contributed by atoms with Crippen LogP contribution in [0.3, 0.4) is 0 Å². The molecule has 3 heteroatoms. The lowest BCUT2D eigenvalue weighted by molar-refractivity contribution is -0.152. The van der Waals surface area contributed by atoms with E-state index < -0.39 is 0 Å². The van der Waals surface area contributed by atoms with Crippen molar-refractivity contribution < 1.29 is 4.79 Å². The summed E-state index contributed by atoms with van der Waals surface area (Å²) in [5, 5.41) is 3.36. The zero-order valence-corrected chi connectivity index (χ0v) is 8.98. The van der Waals surface area contributed by atoms with Gasteiger partial charge in [-0.2, -0.15) is 0 Å². The molecule has 0 saturated carbocycles. The summed E-state index contributed by atoms with van der Waals surface area (Å²) in [6, 6.07) is 1.00. The second-order valence-electron chi connectivity index (χ2n) is 4.93. The van der Waals surface area contributed by atoms with Crippen LogP contribution in [0.15, 0.2) is 12.2 Å². The molecule has 2 heterocycles. The van der Waals surface area contributed by atoms with Gasteiger partial charge in [0.2, 0.25) is 5.91 Å². The molecule has 0 aromatic rings. The van der Waals surface area contributed by atoms with Crippen LogP contribution in [-0.2, 0) is 4.79 Å². The summed E-state index contributed by atoms with van der Waals surface area (Å²) in [6.07, 6.45) is 8.68. The lowest BCUT2D eigenvalue weighted by Crippen LogP contribution is -2.70. The molecule has 15 heavy (non-hydrogen) atoms. The van der Waals surface area contributed by atoms with Gasteiger partial charge in [-0.3, -0.25) is 4.79 Å². The highest BCUT2D eigenvalue weighted by atomic mass is 16.2. The van der Waals surface area contributed by atoms with Crippen molar-refractivity contribution in [2.75, 3.05) is 13.1 Å². The zero-order chi connectivity index (χ0) is 10.3. The second-order valence-corrected chi connectivity index (χ2v) is 4.93. The number of nitrogens with zero attached hydrogens (tertiary/aromatic N) is 1. The molecule has 82 valence electrons. The summed E-state index contributed by atoms with van der Waals surface area (Å²) >= 11 is 0. The number of amides is 1. The number of piperidine rings is 1. The van der Waals surface area contributed by atoms with Crippen LogP contribution in [0.25, 0.3) is 0 Å². The summed E-state index contributed by atoms with van der Waals surface area (Å²) in [6.45, 7) is 2.01. The summed E-state index contributed by atoms with van der Waals surface area (Å²) in [5.74, 6) is 0.695. The molecule has 3 nitrogen and oxygen atoms in total. The van der Waals surface area contributed by atoms with Gasteiger partial charge in [-0.25, -0.2) is 0 Å². The molecule has 1 N–H and O–H groups in total. The Morgan fingerprint density at radius 1 is 1.27 bits per heavy atom. The molecule has 3 aliphatic rings. The molecule has 2 saturated heterocycles. The second kappa shape index (κ2) is 3.63. The highest BCUT2D eigenvalue weighted by Crippen LogP contribution is 2.32. The SMILES string of the molecule is O=C(C1CC=CCC1)N1C2CNCC1C2. The van der Waals surface area contributed by atoms with E-state index in [1.807, 2.05) is 0 Å². The van der Waals surface area contributed by atoms with Gasteiger partial charge in [0.15, 0.2) is 0 Å². The first-order chi connectivity index (χ1) is 7.36. The Morgan fingerprint density at radius 2 is 2.07 bits per heavy atom. The van der Waals surface area contributed by atoms with Gasteiger partial charge < -0.3 is 10.2 Å². The van der Waals surface area contributed by atoms with Gasteiger partial charge in [0, 0.05) is 31.1 Å². The fourth-order valence-electron chi connectivity index (χ4n) is 3.07. The molecular weight excluding hydrogens is 188 g/mol. The fraction of sp³-hybridized carbons (Fsp3) is 0.750. The quantitative estimate of drug-likeness (QED) is 0.647. The number of rotatable bonds is 1.